The highest BCUT2D eigenvalue weighted by molar-refractivity contribution is 5.75. The first-order chi connectivity index (χ1) is 10.2. The summed E-state index contributed by atoms with van der Waals surface area (Å²) < 4.78 is 28.2. The summed E-state index contributed by atoms with van der Waals surface area (Å²) in [6.07, 6.45) is 1.60. The molecule has 3 nitrogen and oxygen atoms in total. The summed E-state index contributed by atoms with van der Waals surface area (Å²) in [4.78, 5) is 4.09. The molecule has 0 fully saturated rings. The van der Waals surface area contributed by atoms with Crippen molar-refractivity contribution in [3.8, 4) is 0 Å². The molecule has 0 saturated heterocycles. The Morgan fingerprint density at radius 3 is 2.62 bits per heavy atom. The summed E-state index contributed by atoms with van der Waals surface area (Å²) in [5.41, 5.74) is 2.29. The number of imidazole rings is 1. The molecule has 3 rings (SSSR count). The van der Waals surface area contributed by atoms with Crippen LogP contribution >= 0.6 is 0 Å². The highest BCUT2D eigenvalue weighted by Gasteiger charge is 2.08. The minimum Gasteiger partial charge on any atom is -0.329 e. The van der Waals surface area contributed by atoms with Crippen LogP contribution in [-0.2, 0) is 13.1 Å². The zero-order valence-corrected chi connectivity index (χ0v) is 11.4. The standard InChI is InChI=1S/C16H15F2N3/c17-13-8-15-16(9-14(13)18)21(11-20-15)7-6-19-10-12-4-2-1-3-5-12/h1-5,8-9,11,19H,6-7,10H2. The minimum atomic E-state index is -0.866. The number of aromatic nitrogens is 2. The van der Waals surface area contributed by atoms with Gasteiger partial charge in [-0.25, -0.2) is 13.8 Å². The van der Waals surface area contributed by atoms with E-state index in [0.29, 0.717) is 17.6 Å². The Bertz CT molecular complexity index is 738. The molecule has 0 unspecified atom stereocenters. The Morgan fingerprint density at radius 1 is 1.05 bits per heavy atom. The highest BCUT2D eigenvalue weighted by atomic mass is 19.2. The maximum atomic E-state index is 13.3. The third kappa shape index (κ3) is 3.08. The number of benzene rings is 2. The van der Waals surface area contributed by atoms with Crippen LogP contribution in [0.5, 0.6) is 0 Å². The Balaban J connectivity index is 1.62. The zero-order valence-electron chi connectivity index (χ0n) is 11.4. The monoisotopic (exact) mass is 287 g/mol. The highest BCUT2D eigenvalue weighted by Crippen LogP contribution is 2.17. The maximum absolute atomic E-state index is 13.3. The Labute approximate surface area is 121 Å². The molecule has 0 saturated carbocycles. The first-order valence-corrected chi connectivity index (χ1v) is 6.78. The van der Waals surface area contributed by atoms with Gasteiger partial charge < -0.3 is 9.88 Å². The summed E-state index contributed by atoms with van der Waals surface area (Å²) in [6.45, 7) is 2.14. The molecule has 0 amide bonds. The molecule has 1 heterocycles. The Kier molecular flexibility index (Phi) is 3.92. The van der Waals surface area contributed by atoms with Gasteiger partial charge in [0.25, 0.3) is 0 Å². The maximum Gasteiger partial charge on any atom is 0.161 e. The average Bonchev–Trinajstić information content (AvgIpc) is 2.87. The van der Waals surface area contributed by atoms with Gasteiger partial charge in [-0.3, -0.25) is 0 Å². The molecule has 0 aliphatic carbocycles. The van der Waals surface area contributed by atoms with Crippen LogP contribution in [0.25, 0.3) is 11.0 Å². The molecule has 5 heteroatoms. The molecule has 0 aliphatic rings. The van der Waals surface area contributed by atoms with E-state index >= 15 is 0 Å². The molecule has 108 valence electrons. The van der Waals surface area contributed by atoms with Crippen molar-refractivity contribution < 1.29 is 8.78 Å². The fraction of sp³-hybridized carbons (Fsp3) is 0.188. The second-order valence-electron chi connectivity index (χ2n) is 4.86. The van der Waals surface area contributed by atoms with E-state index in [1.54, 1.807) is 6.33 Å². The molecule has 0 bridgehead atoms. The van der Waals surface area contributed by atoms with Gasteiger partial charge in [0, 0.05) is 31.8 Å². The van der Waals surface area contributed by atoms with Crippen molar-refractivity contribution in [2.45, 2.75) is 13.1 Å². The summed E-state index contributed by atoms with van der Waals surface area (Å²) in [5.74, 6) is -1.71. The van der Waals surface area contributed by atoms with E-state index in [4.69, 9.17) is 0 Å². The van der Waals surface area contributed by atoms with Gasteiger partial charge in [-0.2, -0.15) is 0 Å². The fourth-order valence-electron chi connectivity index (χ4n) is 2.26. The lowest BCUT2D eigenvalue weighted by molar-refractivity contribution is 0.510. The van der Waals surface area contributed by atoms with E-state index in [-0.39, 0.29) is 0 Å². The van der Waals surface area contributed by atoms with E-state index in [9.17, 15) is 8.78 Å². The lowest BCUT2D eigenvalue weighted by atomic mass is 10.2. The number of hydrogen-bond acceptors (Lipinski definition) is 2. The second kappa shape index (κ2) is 6.01. The summed E-state index contributed by atoms with van der Waals surface area (Å²) in [5, 5.41) is 3.31. The van der Waals surface area contributed by atoms with Crippen LogP contribution in [0.3, 0.4) is 0 Å². The van der Waals surface area contributed by atoms with Gasteiger partial charge in [0.05, 0.1) is 17.4 Å². The van der Waals surface area contributed by atoms with Gasteiger partial charge >= 0.3 is 0 Å². The Morgan fingerprint density at radius 2 is 1.81 bits per heavy atom. The number of nitrogens with one attached hydrogen (secondary N) is 1. The van der Waals surface area contributed by atoms with Crippen LogP contribution in [0.1, 0.15) is 5.56 Å². The van der Waals surface area contributed by atoms with Crippen LogP contribution < -0.4 is 5.32 Å². The van der Waals surface area contributed by atoms with Gasteiger partial charge in [0.15, 0.2) is 11.6 Å². The van der Waals surface area contributed by atoms with E-state index in [1.165, 1.54) is 11.6 Å². The summed E-state index contributed by atoms with van der Waals surface area (Å²) >= 11 is 0. The van der Waals surface area contributed by atoms with E-state index in [0.717, 1.165) is 19.2 Å². The van der Waals surface area contributed by atoms with E-state index in [2.05, 4.69) is 22.4 Å². The number of hydrogen-bond donors (Lipinski definition) is 1. The molecule has 0 radical (unpaired) electrons. The molecule has 0 atom stereocenters. The molecule has 2 aromatic carbocycles. The van der Waals surface area contributed by atoms with Gasteiger partial charge in [-0.1, -0.05) is 30.3 Å². The summed E-state index contributed by atoms with van der Waals surface area (Å²) in [6, 6.07) is 12.4. The number of nitrogens with zero attached hydrogens (tertiary/aromatic N) is 2. The molecular formula is C16H15F2N3. The fourth-order valence-corrected chi connectivity index (χ4v) is 2.26. The molecule has 0 spiro atoms. The predicted molar refractivity (Wildman–Crippen MR) is 77.8 cm³/mol. The quantitative estimate of drug-likeness (QED) is 0.731. The van der Waals surface area contributed by atoms with Gasteiger partial charge in [-0.15, -0.1) is 0 Å². The van der Waals surface area contributed by atoms with E-state index in [1.807, 2.05) is 22.8 Å². The van der Waals surface area contributed by atoms with Gasteiger partial charge in [0.2, 0.25) is 0 Å². The lowest BCUT2D eigenvalue weighted by Gasteiger charge is -2.07. The third-order valence-electron chi connectivity index (χ3n) is 3.36. The van der Waals surface area contributed by atoms with Crippen molar-refractivity contribution in [2.75, 3.05) is 6.54 Å². The first-order valence-electron chi connectivity index (χ1n) is 6.78. The molecular weight excluding hydrogens is 272 g/mol. The number of fused-ring (bicyclic) bond motifs is 1. The van der Waals surface area contributed by atoms with Crippen molar-refractivity contribution in [3.63, 3.8) is 0 Å². The van der Waals surface area contributed by atoms with Crippen LogP contribution in [0.4, 0.5) is 8.78 Å². The lowest BCUT2D eigenvalue weighted by Crippen LogP contribution is -2.19. The zero-order chi connectivity index (χ0) is 14.7. The SMILES string of the molecule is Fc1cc2ncn(CCNCc3ccccc3)c2cc1F. The topological polar surface area (TPSA) is 29.9 Å². The van der Waals surface area contributed by atoms with E-state index < -0.39 is 11.6 Å². The molecule has 21 heavy (non-hydrogen) atoms. The third-order valence-corrected chi connectivity index (χ3v) is 3.36. The van der Waals surface area contributed by atoms with Gasteiger partial charge in [0.1, 0.15) is 0 Å². The van der Waals surface area contributed by atoms with Gasteiger partial charge in [-0.05, 0) is 5.56 Å². The van der Waals surface area contributed by atoms with Crippen LogP contribution in [-0.4, -0.2) is 16.1 Å². The molecule has 1 aromatic heterocycles. The Hall–Kier alpha value is -2.27. The average molecular weight is 287 g/mol. The number of rotatable bonds is 5. The van der Waals surface area contributed by atoms with Crippen molar-refractivity contribution in [1.82, 2.24) is 14.9 Å². The summed E-state index contributed by atoms with van der Waals surface area (Å²) in [7, 11) is 0. The smallest absolute Gasteiger partial charge is 0.161 e. The number of halogens is 2. The molecule has 0 aliphatic heterocycles. The minimum absolute atomic E-state index is 0.469. The first kappa shape index (κ1) is 13.7. The van der Waals surface area contributed by atoms with Crippen molar-refractivity contribution >= 4 is 11.0 Å². The predicted octanol–water partition coefficient (Wildman–Crippen LogP) is 3.10. The largest absolute Gasteiger partial charge is 0.329 e. The van der Waals surface area contributed by atoms with Crippen LogP contribution in [0.15, 0.2) is 48.8 Å². The second-order valence-corrected chi connectivity index (χ2v) is 4.86. The molecule has 3 aromatic rings. The van der Waals surface area contributed by atoms with Crippen LogP contribution in [0, 0.1) is 11.6 Å². The normalized spacial score (nSPS) is 11.1. The van der Waals surface area contributed by atoms with Crippen molar-refractivity contribution in [1.29, 1.82) is 0 Å². The van der Waals surface area contributed by atoms with Crippen molar-refractivity contribution in [3.05, 3.63) is 66.0 Å². The van der Waals surface area contributed by atoms with Crippen LogP contribution in [0.2, 0.25) is 0 Å². The van der Waals surface area contributed by atoms with Crippen molar-refractivity contribution in [2.24, 2.45) is 0 Å². The molecule has 1 N–H and O–H groups in total.